The minimum Gasteiger partial charge on any atom is -0.489 e. The summed E-state index contributed by atoms with van der Waals surface area (Å²) in [7, 11) is 0. The van der Waals surface area contributed by atoms with E-state index in [9.17, 15) is 18.0 Å². The topological polar surface area (TPSA) is 50.4 Å². The number of carbonyl (C=O) groups excluding carboxylic acids is 1. The molecule has 2 aliphatic heterocycles. The quantitative estimate of drug-likeness (QED) is 0.864. The van der Waals surface area contributed by atoms with E-state index in [0.717, 1.165) is 24.7 Å². The summed E-state index contributed by atoms with van der Waals surface area (Å²) in [5, 5.41) is 6.26. The summed E-state index contributed by atoms with van der Waals surface area (Å²) in [5.41, 5.74) is 0.845. The molecule has 0 spiro atoms. The molecule has 0 radical (unpaired) electrons. The number of nitrogens with one attached hydrogen (secondary N) is 2. The molecule has 4 rings (SSSR count). The molecule has 2 aromatic carbocycles. The lowest BCUT2D eigenvalue weighted by atomic mass is 9.87. The van der Waals surface area contributed by atoms with E-state index in [0.29, 0.717) is 23.8 Å². The molecule has 1 saturated heterocycles. The third kappa shape index (κ3) is 3.51. The molecule has 7 heteroatoms. The second kappa shape index (κ2) is 6.88. The first-order valence-corrected chi connectivity index (χ1v) is 8.84. The maximum atomic E-state index is 13.1. The summed E-state index contributed by atoms with van der Waals surface area (Å²) in [6, 6.07) is 10.5. The highest BCUT2D eigenvalue weighted by molar-refractivity contribution is 5.96. The van der Waals surface area contributed by atoms with Gasteiger partial charge in [0.15, 0.2) is 0 Å². The lowest BCUT2D eigenvalue weighted by Gasteiger charge is -2.17. The smallest absolute Gasteiger partial charge is 0.416 e. The van der Waals surface area contributed by atoms with Gasteiger partial charge in [-0.3, -0.25) is 4.79 Å². The third-order valence-corrected chi connectivity index (χ3v) is 5.25. The van der Waals surface area contributed by atoms with E-state index >= 15 is 0 Å². The number of fused-ring (bicyclic) bond motifs is 3. The molecule has 2 aliphatic rings. The Morgan fingerprint density at radius 2 is 1.89 bits per heavy atom. The molecule has 1 fully saturated rings. The summed E-state index contributed by atoms with van der Waals surface area (Å²) >= 11 is 0. The van der Waals surface area contributed by atoms with Crippen LogP contribution in [0.25, 0.3) is 0 Å². The first-order chi connectivity index (χ1) is 12.9. The fourth-order valence-corrected chi connectivity index (χ4v) is 3.86. The zero-order valence-corrected chi connectivity index (χ0v) is 14.5. The van der Waals surface area contributed by atoms with Crippen LogP contribution in [-0.2, 0) is 12.8 Å². The fourth-order valence-electron chi connectivity index (χ4n) is 3.86. The van der Waals surface area contributed by atoms with Gasteiger partial charge >= 0.3 is 6.18 Å². The van der Waals surface area contributed by atoms with Crippen LogP contribution in [0, 0.1) is 5.92 Å². The Bertz CT molecular complexity index is 867. The Kier molecular flexibility index (Phi) is 4.55. The minimum atomic E-state index is -4.43. The number of amides is 1. The zero-order valence-electron chi connectivity index (χ0n) is 14.5. The average molecular weight is 376 g/mol. The number of carbonyl (C=O) groups is 1. The number of alkyl halides is 3. The molecule has 2 heterocycles. The predicted molar refractivity (Wildman–Crippen MR) is 93.7 cm³/mol. The number of halogens is 3. The molecule has 27 heavy (non-hydrogen) atoms. The van der Waals surface area contributed by atoms with Gasteiger partial charge in [0.1, 0.15) is 12.4 Å². The molecule has 2 aromatic rings. The van der Waals surface area contributed by atoms with Crippen LogP contribution in [0.15, 0.2) is 42.5 Å². The normalized spacial score (nSPS) is 21.8. The summed E-state index contributed by atoms with van der Waals surface area (Å²) in [6.07, 6.45) is -4.43. The summed E-state index contributed by atoms with van der Waals surface area (Å²) in [6.45, 7) is 2.06. The number of hydrogen-bond donors (Lipinski definition) is 2. The van der Waals surface area contributed by atoms with Crippen LogP contribution in [0.5, 0.6) is 5.75 Å². The maximum absolute atomic E-state index is 13.1. The molecule has 0 unspecified atom stereocenters. The highest BCUT2D eigenvalue weighted by Crippen LogP contribution is 2.35. The van der Waals surface area contributed by atoms with Crippen LogP contribution in [0.4, 0.5) is 13.2 Å². The van der Waals surface area contributed by atoms with Crippen molar-refractivity contribution in [1.29, 1.82) is 0 Å². The molecule has 0 saturated carbocycles. The Morgan fingerprint density at radius 1 is 1.07 bits per heavy atom. The zero-order chi connectivity index (χ0) is 19.0. The van der Waals surface area contributed by atoms with Gasteiger partial charge in [0, 0.05) is 36.7 Å². The molecule has 142 valence electrons. The van der Waals surface area contributed by atoms with Gasteiger partial charge in [0.25, 0.3) is 5.91 Å². The fraction of sp³-hybridized carbons (Fsp3) is 0.350. The highest BCUT2D eigenvalue weighted by atomic mass is 19.4. The van der Waals surface area contributed by atoms with Gasteiger partial charge < -0.3 is 15.4 Å². The SMILES string of the molecule is O=C1NC[C@H]2CNC[C@@H]2c2ccc(OCc3ccccc3C(F)(F)F)cc21. The molecular weight excluding hydrogens is 357 g/mol. The van der Waals surface area contributed by atoms with E-state index in [1.54, 1.807) is 18.2 Å². The Morgan fingerprint density at radius 3 is 2.70 bits per heavy atom. The van der Waals surface area contributed by atoms with Gasteiger partial charge in [0.05, 0.1) is 5.56 Å². The van der Waals surface area contributed by atoms with Crippen molar-refractivity contribution in [2.75, 3.05) is 19.6 Å². The summed E-state index contributed by atoms with van der Waals surface area (Å²) < 4.78 is 44.9. The van der Waals surface area contributed by atoms with Gasteiger partial charge in [0.2, 0.25) is 0 Å². The average Bonchev–Trinajstić information content (AvgIpc) is 3.07. The molecule has 1 amide bonds. The highest BCUT2D eigenvalue weighted by Gasteiger charge is 2.35. The van der Waals surface area contributed by atoms with E-state index in [4.69, 9.17) is 4.74 Å². The predicted octanol–water partition coefficient (Wildman–Crippen LogP) is 3.33. The Hall–Kier alpha value is -2.54. The van der Waals surface area contributed by atoms with Crippen LogP contribution in [0.2, 0.25) is 0 Å². The second-order valence-corrected chi connectivity index (χ2v) is 6.93. The number of hydrogen-bond acceptors (Lipinski definition) is 3. The standard InChI is InChI=1S/C20H19F3N2O2/c21-20(22,23)18-4-2-1-3-12(18)11-27-14-5-6-15-16(7-14)19(26)25-9-13-8-24-10-17(13)15/h1-7,13,17,24H,8-11H2,(H,25,26)/t13-,17+/m1/s1. The largest absolute Gasteiger partial charge is 0.489 e. The molecule has 2 atom stereocenters. The van der Waals surface area contributed by atoms with E-state index in [1.165, 1.54) is 12.1 Å². The van der Waals surface area contributed by atoms with Crippen LogP contribution in [0.3, 0.4) is 0 Å². The van der Waals surface area contributed by atoms with Gasteiger partial charge in [-0.2, -0.15) is 13.2 Å². The van der Waals surface area contributed by atoms with E-state index in [-0.39, 0.29) is 24.0 Å². The number of benzene rings is 2. The van der Waals surface area contributed by atoms with Crippen molar-refractivity contribution in [3.8, 4) is 5.75 Å². The van der Waals surface area contributed by atoms with Gasteiger partial charge in [-0.15, -0.1) is 0 Å². The molecule has 0 aliphatic carbocycles. The minimum absolute atomic E-state index is 0.0597. The van der Waals surface area contributed by atoms with Crippen LogP contribution in [0.1, 0.15) is 33.0 Å². The van der Waals surface area contributed by atoms with Gasteiger partial charge in [-0.05, 0) is 29.7 Å². The monoisotopic (exact) mass is 376 g/mol. The van der Waals surface area contributed by atoms with Crippen molar-refractivity contribution in [2.45, 2.75) is 18.7 Å². The van der Waals surface area contributed by atoms with Crippen LogP contribution >= 0.6 is 0 Å². The molecule has 2 N–H and O–H groups in total. The van der Waals surface area contributed by atoms with Crippen molar-refractivity contribution >= 4 is 5.91 Å². The van der Waals surface area contributed by atoms with Crippen molar-refractivity contribution in [3.63, 3.8) is 0 Å². The third-order valence-electron chi connectivity index (χ3n) is 5.25. The summed E-state index contributed by atoms with van der Waals surface area (Å²) in [5.74, 6) is 0.811. The lowest BCUT2D eigenvalue weighted by molar-refractivity contribution is -0.138. The van der Waals surface area contributed by atoms with Gasteiger partial charge in [-0.1, -0.05) is 24.3 Å². The van der Waals surface area contributed by atoms with Crippen molar-refractivity contribution in [2.24, 2.45) is 5.92 Å². The Labute approximate surface area is 154 Å². The summed E-state index contributed by atoms with van der Waals surface area (Å²) in [4.78, 5) is 12.4. The number of rotatable bonds is 3. The molecule has 0 bridgehead atoms. The van der Waals surface area contributed by atoms with Crippen molar-refractivity contribution in [3.05, 3.63) is 64.7 Å². The first-order valence-electron chi connectivity index (χ1n) is 8.84. The second-order valence-electron chi connectivity index (χ2n) is 6.93. The van der Waals surface area contributed by atoms with Crippen molar-refractivity contribution in [1.82, 2.24) is 10.6 Å². The lowest BCUT2D eigenvalue weighted by Crippen LogP contribution is -2.28. The van der Waals surface area contributed by atoms with Crippen molar-refractivity contribution < 1.29 is 22.7 Å². The maximum Gasteiger partial charge on any atom is 0.416 e. The molecule has 0 aromatic heterocycles. The van der Waals surface area contributed by atoms with Crippen LogP contribution in [-0.4, -0.2) is 25.5 Å². The van der Waals surface area contributed by atoms with E-state index in [2.05, 4.69) is 10.6 Å². The Balaban J connectivity index is 1.58. The number of ether oxygens (including phenoxy) is 1. The van der Waals surface area contributed by atoms with Crippen LogP contribution < -0.4 is 15.4 Å². The van der Waals surface area contributed by atoms with E-state index < -0.39 is 11.7 Å². The molecule has 4 nitrogen and oxygen atoms in total. The van der Waals surface area contributed by atoms with E-state index in [1.807, 2.05) is 6.07 Å². The van der Waals surface area contributed by atoms with Gasteiger partial charge in [-0.25, -0.2) is 0 Å². The first kappa shape index (κ1) is 17.9. The molecular formula is C20H19F3N2O2.